The van der Waals surface area contributed by atoms with E-state index < -0.39 is 0 Å². The average Bonchev–Trinajstić information content (AvgIpc) is 1.35. The summed E-state index contributed by atoms with van der Waals surface area (Å²) < 4.78 is 0.0370. The second-order valence-electron chi connectivity index (χ2n) is 0.993. The molecule has 0 spiro atoms. The zero-order valence-electron chi connectivity index (χ0n) is 4.04. The molecule has 0 bridgehead atoms. The van der Waals surface area contributed by atoms with Gasteiger partial charge in [0.1, 0.15) is 0 Å². The first-order valence-corrected chi connectivity index (χ1v) is 2.77. The van der Waals surface area contributed by atoms with Gasteiger partial charge in [-0.15, -0.1) is 0 Å². The van der Waals surface area contributed by atoms with E-state index >= 15 is 0 Å². The second-order valence-corrected chi connectivity index (χ2v) is 2.65. The predicted molar refractivity (Wildman–Crippen MR) is 43.4 cm³/mol. The van der Waals surface area contributed by atoms with Gasteiger partial charge in [-0.25, -0.2) is 0 Å². The molecule has 0 unspecified atom stereocenters. The Balaban J connectivity index is 0. The summed E-state index contributed by atoms with van der Waals surface area (Å²) in [6, 6.07) is 0. The minimum absolute atomic E-state index is 0. The molecule has 46 valence electrons. The summed E-state index contributed by atoms with van der Waals surface area (Å²) in [5, 5.41) is 8.14. The molecule has 0 fully saturated rings. The first kappa shape index (κ1) is 11.4. The van der Waals surface area contributed by atoms with Gasteiger partial charge in [0.25, 0.3) is 0 Å². The van der Waals surface area contributed by atoms with Crippen LogP contribution in [0.2, 0.25) is 0 Å². The number of rotatable bonds is 2. The number of hydrogen-bond donors (Lipinski definition) is 3. The molecule has 0 saturated carbocycles. The Kier molecular flexibility index (Phi) is 12.2. The Morgan fingerprint density at radius 3 is 1.86 bits per heavy atom. The van der Waals surface area contributed by atoms with Gasteiger partial charge in [-0.3, -0.25) is 0 Å². The molecule has 0 saturated heterocycles. The van der Waals surface area contributed by atoms with Gasteiger partial charge >= 0.3 is 26.2 Å². The topological polar surface area (TPSA) is 20.2 Å². The van der Waals surface area contributed by atoms with Crippen molar-refractivity contribution >= 4 is 51.5 Å². The van der Waals surface area contributed by atoms with Crippen LogP contribution in [0, 0.1) is 0 Å². The summed E-state index contributed by atoms with van der Waals surface area (Å²) in [5.41, 5.74) is 0. The van der Waals surface area contributed by atoms with Crippen molar-refractivity contribution in [3.63, 3.8) is 0 Å². The Morgan fingerprint density at radius 1 is 1.43 bits per heavy atom. The van der Waals surface area contributed by atoms with Crippen LogP contribution in [0.5, 0.6) is 0 Å². The van der Waals surface area contributed by atoms with Crippen LogP contribution in [-0.4, -0.2) is 42.5 Å². The quantitative estimate of drug-likeness (QED) is 0.349. The number of aliphatic hydroxyl groups excluding tert-OH is 1. The Labute approximate surface area is 73.8 Å². The molecule has 0 radical (unpaired) electrons. The minimum atomic E-state index is 0. The van der Waals surface area contributed by atoms with Crippen LogP contribution in [-0.2, 0) is 0 Å². The first-order valence-electron chi connectivity index (χ1n) is 1.74. The van der Waals surface area contributed by atoms with Crippen molar-refractivity contribution in [3.8, 4) is 0 Å². The van der Waals surface area contributed by atoms with E-state index in [4.69, 9.17) is 5.11 Å². The van der Waals surface area contributed by atoms with Crippen molar-refractivity contribution in [3.05, 3.63) is 0 Å². The van der Waals surface area contributed by atoms with Gasteiger partial charge in [-0.1, -0.05) is 0 Å². The molecule has 0 aliphatic rings. The monoisotopic (exact) mass is 336 g/mol. The van der Waals surface area contributed by atoms with Gasteiger partial charge in [0, 0.05) is 11.2 Å². The predicted octanol–water partition coefficient (Wildman–Crippen LogP) is -0.629. The molecule has 0 aromatic heterocycles. The van der Waals surface area contributed by atoms with Crippen molar-refractivity contribution in [1.29, 1.82) is 0 Å². The third kappa shape index (κ3) is 11.2. The van der Waals surface area contributed by atoms with E-state index in [0.717, 1.165) is 0 Å². The van der Waals surface area contributed by atoms with Crippen molar-refractivity contribution in [2.75, 3.05) is 6.61 Å². The van der Waals surface area contributed by atoms with Crippen LogP contribution < -0.4 is 0 Å². The Morgan fingerprint density at radius 2 is 1.86 bits per heavy atom. The summed E-state index contributed by atoms with van der Waals surface area (Å²) in [4.78, 5) is 0. The maximum absolute atomic E-state index is 8.14. The van der Waals surface area contributed by atoms with Gasteiger partial charge in [-0.05, 0) is 6.42 Å². The van der Waals surface area contributed by atoms with Crippen molar-refractivity contribution in [2.45, 2.75) is 11.0 Å². The van der Waals surface area contributed by atoms with E-state index in [1.165, 1.54) is 0 Å². The first-order chi connectivity index (χ1) is 2.77. The summed E-state index contributed by atoms with van der Waals surface area (Å²) in [5.74, 6) is 0. The van der Waals surface area contributed by atoms with Crippen LogP contribution in [0.1, 0.15) is 6.42 Å². The number of hydrogen-bond acceptors (Lipinski definition) is 3. The molecule has 0 amide bonds. The fraction of sp³-hybridized carbons (Fsp3) is 1.00. The van der Waals surface area contributed by atoms with E-state index in [-0.39, 0.29) is 37.4 Å². The number of aliphatic hydroxyl groups is 1. The fourth-order valence-electron chi connectivity index (χ4n) is 0.115. The summed E-state index contributed by atoms with van der Waals surface area (Å²) in [7, 11) is 0. The van der Waals surface area contributed by atoms with Crippen molar-refractivity contribution in [1.82, 2.24) is 0 Å². The van der Waals surface area contributed by atoms with Crippen molar-refractivity contribution in [2.24, 2.45) is 0 Å². The molecule has 0 aromatic carbocycles. The number of thiol groups is 2. The Hall–Kier alpha value is 1.54. The van der Waals surface area contributed by atoms with Gasteiger partial charge in [0.05, 0.1) is 0 Å². The van der Waals surface area contributed by atoms with E-state index in [0.29, 0.717) is 6.42 Å². The molecular weight excluding hydrogens is 325 g/mol. The van der Waals surface area contributed by atoms with Crippen LogP contribution in [0.25, 0.3) is 0 Å². The van der Waals surface area contributed by atoms with Crippen LogP contribution in [0.15, 0.2) is 0 Å². The summed E-state index contributed by atoms with van der Waals surface area (Å²) in [6.07, 6.45) is 0.659. The molecule has 4 heteroatoms. The van der Waals surface area contributed by atoms with Gasteiger partial charge in [0.15, 0.2) is 0 Å². The third-order valence-electron chi connectivity index (χ3n) is 0.387. The SMILES string of the molecule is OCCC(S)S.[BiH3]. The molecular formula is C3H11BiOS2. The van der Waals surface area contributed by atoms with Gasteiger partial charge < -0.3 is 5.11 Å². The summed E-state index contributed by atoms with van der Waals surface area (Å²) >= 11 is 7.76. The van der Waals surface area contributed by atoms with E-state index in [2.05, 4.69) is 25.3 Å². The van der Waals surface area contributed by atoms with Crippen LogP contribution in [0.4, 0.5) is 0 Å². The molecule has 0 atom stereocenters. The average molecular weight is 336 g/mol. The van der Waals surface area contributed by atoms with E-state index in [9.17, 15) is 0 Å². The molecule has 0 heterocycles. The molecule has 0 rings (SSSR count). The second kappa shape index (κ2) is 7.54. The van der Waals surface area contributed by atoms with Crippen molar-refractivity contribution < 1.29 is 5.11 Å². The summed E-state index contributed by atoms with van der Waals surface area (Å²) in [6.45, 7) is 0.178. The van der Waals surface area contributed by atoms with Crippen LogP contribution >= 0.6 is 25.3 Å². The zero-order valence-corrected chi connectivity index (χ0v) is 11.3. The molecule has 0 aliphatic heterocycles. The van der Waals surface area contributed by atoms with E-state index in [1.807, 2.05) is 0 Å². The molecule has 0 aromatic rings. The van der Waals surface area contributed by atoms with Crippen LogP contribution in [0.3, 0.4) is 0 Å². The molecule has 1 nitrogen and oxygen atoms in total. The zero-order chi connectivity index (χ0) is 4.99. The molecule has 1 N–H and O–H groups in total. The van der Waals surface area contributed by atoms with Gasteiger partial charge in [0.2, 0.25) is 0 Å². The third-order valence-corrected chi connectivity index (χ3v) is 0.904. The molecule has 0 aliphatic carbocycles. The van der Waals surface area contributed by atoms with E-state index in [1.54, 1.807) is 0 Å². The standard InChI is InChI=1S/C3H8OS2.Bi.3H/c4-2-1-3(5)6;;;;/h3-6H,1-2H2;;;;. The molecule has 7 heavy (non-hydrogen) atoms. The Bertz CT molecular complexity index is 34.1. The van der Waals surface area contributed by atoms with Gasteiger partial charge in [-0.2, -0.15) is 25.3 Å². The fourth-order valence-corrected chi connectivity index (χ4v) is 0.346. The maximum atomic E-state index is 8.14. The normalized spacial score (nSPS) is 8.57.